The van der Waals surface area contributed by atoms with Gasteiger partial charge < -0.3 is 24.1 Å². The zero-order chi connectivity index (χ0) is 27.1. The van der Waals surface area contributed by atoms with Crippen LogP contribution in [0.4, 0.5) is 0 Å². The van der Waals surface area contributed by atoms with Gasteiger partial charge in [0, 0.05) is 23.5 Å². The lowest BCUT2D eigenvalue weighted by molar-refractivity contribution is -0.142. The van der Waals surface area contributed by atoms with Gasteiger partial charge in [0.05, 0.1) is 32.5 Å². The van der Waals surface area contributed by atoms with Crippen LogP contribution in [0.3, 0.4) is 0 Å². The van der Waals surface area contributed by atoms with E-state index in [1.165, 1.54) is 7.11 Å². The summed E-state index contributed by atoms with van der Waals surface area (Å²) >= 11 is 0. The van der Waals surface area contributed by atoms with Crippen LogP contribution in [0.2, 0.25) is 0 Å². The van der Waals surface area contributed by atoms with E-state index in [0.29, 0.717) is 23.7 Å². The number of fused-ring (bicyclic) bond motifs is 1. The van der Waals surface area contributed by atoms with Crippen molar-refractivity contribution in [3.05, 3.63) is 84.1 Å². The smallest absolute Gasteiger partial charge is 0.328 e. The normalized spacial score (nSPS) is 11.4. The number of hydrogen-bond donors (Lipinski definition) is 1. The number of nitriles is 1. The molecule has 1 amide bonds. The fraction of sp³-hybridized carbons (Fsp3) is 0.233. The van der Waals surface area contributed by atoms with Crippen LogP contribution in [0, 0.1) is 11.3 Å². The fourth-order valence-corrected chi connectivity index (χ4v) is 4.45. The molecule has 0 radical (unpaired) electrons. The quantitative estimate of drug-likeness (QED) is 0.308. The third-order valence-electron chi connectivity index (χ3n) is 6.25. The van der Waals surface area contributed by atoms with Gasteiger partial charge in [0.1, 0.15) is 24.1 Å². The lowest BCUT2D eigenvalue weighted by Crippen LogP contribution is -2.43. The molecule has 0 bridgehead atoms. The lowest BCUT2D eigenvalue weighted by atomic mass is 10.0. The van der Waals surface area contributed by atoms with Gasteiger partial charge in [-0.15, -0.1) is 0 Å². The number of aromatic nitrogens is 1. The zero-order valence-corrected chi connectivity index (χ0v) is 21.6. The Hall–Kier alpha value is -4.77. The number of carbonyl (C=O) groups is 2. The highest BCUT2D eigenvalue weighted by Crippen LogP contribution is 2.29. The van der Waals surface area contributed by atoms with E-state index in [-0.39, 0.29) is 13.0 Å². The summed E-state index contributed by atoms with van der Waals surface area (Å²) in [5, 5.41) is 13.0. The molecule has 0 unspecified atom stereocenters. The summed E-state index contributed by atoms with van der Waals surface area (Å²) in [6, 6.07) is 21.7. The first-order valence-corrected chi connectivity index (χ1v) is 12.2. The number of nitrogens with one attached hydrogen (secondary N) is 1. The number of carbonyl (C=O) groups excluding carboxylic acids is 2. The minimum Gasteiger partial charge on any atom is -0.497 e. The molecule has 0 aliphatic carbocycles. The number of benzene rings is 3. The van der Waals surface area contributed by atoms with E-state index in [9.17, 15) is 14.9 Å². The van der Waals surface area contributed by atoms with Crippen molar-refractivity contribution >= 4 is 22.8 Å². The molecule has 4 rings (SSSR count). The van der Waals surface area contributed by atoms with Crippen LogP contribution >= 0.6 is 0 Å². The number of nitrogens with zero attached hydrogens (tertiary/aromatic N) is 2. The Bertz CT molecular complexity index is 1500. The van der Waals surface area contributed by atoms with Crippen LogP contribution in [0.5, 0.6) is 11.5 Å². The maximum absolute atomic E-state index is 13.6. The molecule has 0 spiro atoms. The highest BCUT2D eigenvalue weighted by molar-refractivity contribution is 6.00. The van der Waals surface area contributed by atoms with E-state index in [1.54, 1.807) is 19.2 Å². The average molecular weight is 512 g/mol. The van der Waals surface area contributed by atoms with Crippen LogP contribution in [-0.2, 0) is 22.5 Å². The van der Waals surface area contributed by atoms with Gasteiger partial charge in [-0.3, -0.25) is 4.79 Å². The minimum absolute atomic E-state index is 0.171. The van der Waals surface area contributed by atoms with Crippen molar-refractivity contribution < 1.29 is 23.8 Å². The molecule has 194 valence electrons. The predicted octanol–water partition coefficient (Wildman–Crippen LogP) is 4.75. The number of methoxy groups -OCH3 is 2. The fourth-order valence-electron chi connectivity index (χ4n) is 4.45. The highest BCUT2D eigenvalue weighted by Gasteiger charge is 2.26. The van der Waals surface area contributed by atoms with Crippen molar-refractivity contribution in [3.8, 4) is 28.7 Å². The van der Waals surface area contributed by atoms with Crippen molar-refractivity contribution in [2.75, 3.05) is 20.8 Å². The molecule has 1 atom stereocenters. The largest absolute Gasteiger partial charge is 0.497 e. The molecule has 0 aliphatic rings. The molecule has 1 N–H and O–H groups in total. The molecule has 4 aromatic rings. The Kier molecular flexibility index (Phi) is 8.29. The molecule has 0 saturated carbocycles. The van der Waals surface area contributed by atoms with E-state index in [2.05, 4.69) is 11.4 Å². The molecular weight excluding hydrogens is 482 g/mol. The van der Waals surface area contributed by atoms with Crippen molar-refractivity contribution in [1.29, 1.82) is 5.26 Å². The first-order valence-electron chi connectivity index (χ1n) is 12.2. The number of ether oxygens (including phenoxy) is 3. The Morgan fingerprint density at radius 2 is 1.82 bits per heavy atom. The van der Waals surface area contributed by atoms with E-state index in [0.717, 1.165) is 27.6 Å². The third kappa shape index (κ3) is 5.62. The Morgan fingerprint density at radius 1 is 1.03 bits per heavy atom. The van der Waals surface area contributed by atoms with Crippen molar-refractivity contribution in [2.45, 2.75) is 25.9 Å². The zero-order valence-electron chi connectivity index (χ0n) is 21.6. The van der Waals surface area contributed by atoms with Gasteiger partial charge >= 0.3 is 5.97 Å². The molecule has 0 aliphatic heterocycles. The Labute approximate surface area is 221 Å². The number of hydrogen-bond acceptors (Lipinski definition) is 6. The van der Waals surface area contributed by atoms with Crippen molar-refractivity contribution in [2.24, 2.45) is 0 Å². The summed E-state index contributed by atoms with van der Waals surface area (Å²) in [6.45, 7) is 2.38. The summed E-state index contributed by atoms with van der Waals surface area (Å²) in [5.41, 5.74) is 3.67. The summed E-state index contributed by atoms with van der Waals surface area (Å²) in [4.78, 5) is 26.3. The van der Waals surface area contributed by atoms with Gasteiger partial charge in [0.2, 0.25) is 0 Å². The van der Waals surface area contributed by atoms with Crippen molar-refractivity contribution in [3.63, 3.8) is 0 Å². The first-order chi connectivity index (χ1) is 18.5. The third-order valence-corrected chi connectivity index (χ3v) is 6.25. The number of esters is 1. The van der Waals surface area contributed by atoms with Gasteiger partial charge in [-0.2, -0.15) is 5.26 Å². The molecule has 8 heteroatoms. The van der Waals surface area contributed by atoms with Gasteiger partial charge in [0.15, 0.2) is 0 Å². The summed E-state index contributed by atoms with van der Waals surface area (Å²) in [5.74, 6) is 0.0707. The summed E-state index contributed by atoms with van der Waals surface area (Å²) in [7, 11) is 2.89. The van der Waals surface area contributed by atoms with Crippen LogP contribution in [0.1, 0.15) is 22.8 Å². The predicted molar refractivity (Wildman–Crippen MR) is 144 cm³/mol. The lowest BCUT2D eigenvalue weighted by Gasteiger charge is -2.18. The topological polar surface area (TPSA) is 103 Å². The molecular formula is C30H29N3O5. The number of rotatable bonds is 10. The van der Waals surface area contributed by atoms with E-state index >= 15 is 0 Å². The van der Waals surface area contributed by atoms with Gasteiger partial charge in [-0.1, -0.05) is 36.4 Å². The second-order valence-corrected chi connectivity index (χ2v) is 8.59. The first kappa shape index (κ1) is 26.3. The number of amides is 1. The maximum atomic E-state index is 13.6. The van der Waals surface area contributed by atoms with Crippen LogP contribution < -0.4 is 14.8 Å². The molecule has 1 aromatic heterocycles. The van der Waals surface area contributed by atoms with E-state index < -0.39 is 17.9 Å². The summed E-state index contributed by atoms with van der Waals surface area (Å²) < 4.78 is 17.9. The van der Waals surface area contributed by atoms with Crippen LogP contribution in [-0.4, -0.2) is 43.3 Å². The standard InChI is InChI=1S/C30H29N3O5/c1-4-38-28-13-12-21(20-8-7-9-23(16-20)36-2)17-25(28)29(34)32-26(30(35)37-3)18-22-19-33(15-14-31)27-11-6-5-10-24(22)27/h5-13,16-17,19,26H,4,15,18H2,1-3H3,(H,32,34)/t26-/m1/s1. The maximum Gasteiger partial charge on any atom is 0.328 e. The second-order valence-electron chi connectivity index (χ2n) is 8.59. The molecule has 8 nitrogen and oxygen atoms in total. The van der Waals surface area contributed by atoms with Crippen LogP contribution in [0.15, 0.2) is 72.9 Å². The van der Waals surface area contributed by atoms with Crippen LogP contribution in [0.25, 0.3) is 22.0 Å². The molecule has 0 saturated heterocycles. The molecule has 3 aromatic carbocycles. The highest BCUT2D eigenvalue weighted by atomic mass is 16.5. The van der Waals surface area contributed by atoms with Gasteiger partial charge in [-0.05, 0) is 53.9 Å². The van der Waals surface area contributed by atoms with Gasteiger partial charge in [0.25, 0.3) is 5.91 Å². The second kappa shape index (κ2) is 12.0. The molecule has 38 heavy (non-hydrogen) atoms. The SMILES string of the molecule is CCOc1ccc(-c2cccc(OC)c2)cc1C(=O)N[C@H](Cc1cn(CC#N)c2ccccc12)C(=O)OC. The summed E-state index contributed by atoms with van der Waals surface area (Å²) in [6.07, 6.45) is 2.03. The molecule has 0 fully saturated rings. The van der Waals surface area contributed by atoms with E-state index in [4.69, 9.17) is 14.2 Å². The average Bonchev–Trinajstić information content (AvgIpc) is 3.29. The Balaban J connectivity index is 1.67. The monoisotopic (exact) mass is 511 g/mol. The Morgan fingerprint density at radius 3 is 2.55 bits per heavy atom. The molecule has 1 heterocycles. The number of para-hydroxylation sites is 1. The van der Waals surface area contributed by atoms with E-state index in [1.807, 2.05) is 72.3 Å². The van der Waals surface area contributed by atoms with Crippen molar-refractivity contribution in [1.82, 2.24) is 9.88 Å². The minimum atomic E-state index is -0.955. The van der Waals surface area contributed by atoms with Gasteiger partial charge in [-0.25, -0.2) is 4.79 Å².